The van der Waals surface area contributed by atoms with Crippen molar-refractivity contribution in [2.45, 2.75) is 26.3 Å². The first kappa shape index (κ1) is 14.5. The minimum atomic E-state index is -0.116. The van der Waals surface area contributed by atoms with Gasteiger partial charge in [0.2, 0.25) is 0 Å². The van der Waals surface area contributed by atoms with Crippen molar-refractivity contribution in [1.82, 2.24) is 10.3 Å². The van der Waals surface area contributed by atoms with E-state index in [1.807, 2.05) is 13.1 Å². The van der Waals surface area contributed by atoms with Crippen LogP contribution in [-0.2, 0) is 6.42 Å². The Morgan fingerprint density at radius 3 is 2.65 bits per heavy atom. The van der Waals surface area contributed by atoms with E-state index in [0.29, 0.717) is 5.56 Å². The summed E-state index contributed by atoms with van der Waals surface area (Å²) in [4.78, 5) is 17.7. The molecule has 106 valence electrons. The van der Waals surface area contributed by atoms with Crippen LogP contribution in [0.15, 0.2) is 30.5 Å². The van der Waals surface area contributed by atoms with Gasteiger partial charge in [0.15, 0.2) is 0 Å². The first-order valence-corrected chi connectivity index (χ1v) is 7.27. The number of anilines is 1. The Morgan fingerprint density at radius 1 is 1.40 bits per heavy atom. The van der Waals surface area contributed by atoms with Crippen LogP contribution < -0.4 is 16.6 Å². The number of nitrogens with one attached hydrogen (secondary N) is 2. The Hall–Kier alpha value is -1.92. The fourth-order valence-corrected chi connectivity index (χ4v) is 2.61. The average Bonchev–Trinajstić information content (AvgIpc) is 2.96. The lowest BCUT2D eigenvalue weighted by Gasteiger charge is -2.11. The molecule has 1 aromatic carbocycles. The van der Waals surface area contributed by atoms with Gasteiger partial charge in [-0.15, -0.1) is 11.3 Å². The summed E-state index contributed by atoms with van der Waals surface area (Å²) in [6, 6.07) is 6.89. The normalized spacial score (nSPS) is 11.9. The third-order valence-corrected chi connectivity index (χ3v) is 4.28. The minimum absolute atomic E-state index is 0.0971. The van der Waals surface area contributed by atoms with Crippen molar-refractivity contribution in [1.29, 1.82) is 0 Å². The molecule has 4 N–H and O–H groups in total. The van der Waals surface area contributed by atoms with Gasteiger partial charge in [-0.25, -0.2) is 4.98 Å². The van der Waals surface area contributed by atoms with Crippen LogP contribution in [0, 0.1) is 0 Å². The molecule has 2 aromatic rings. The second kappa shape index (κ2) is 6.49. The van der Waals surface area contributed by atoms with Gasteiger partial charge in [0.1, 0.15) is 5.01 Å². The summed E-state index contributed by atoms with van der Waals surface area (Å²) >= 11 is 1.63. The van der Waals surface area contributed by atoms with E-state index >= 15 is 0 Å². The van der Waals surface area contributed by atoms with Crippen LogP contribution in [-0.4, -0.2) is 10.9 Å². The fourth-order valence-electron chi connectivity index (χ4n) is 1.75. The number of aryl methyl sites for hydroxylation is 1. The summed E-state index contributed by atoms with van der Waals surface area (Å²) in [5.74, 6) is 5.17. The molecule has 1 heterocycles. The quantitative estimate of drug-likeness (QED) is 0.584. The van der Waals surface area contributed by atoms with Crippen molar-refractivity contribution in [3.8, 4) is 0 Å². The van der Waals surface area contributed by atoms with Crippen LogP contribution in [0.4, 0.5) is 5.69 Å². The molecule has 0 aliphatic rings. The third kappa shape index (κ3) is 3.34. The number of aromatic nitrogens is 1. The maximum Gasteiger partial charge on any atom is 0.251 e. The third-order valence-electron chi connectivity index (χ3n) is 2.95. The topological polar surface area (TPSA) is 80.0 Å². The van der Waals surface area contributed by atoms with Crippen LogP contribution in [0.1, 0.15) is 40.1 Å². The highest BCUT2D eigenvalue weighted by Crippen LogP contribution is 2.20. The van der Waals surface area contributed by atoms with Crippen molar-refractivity contribution < 1.29 is 4.79 Å². The molecule has 0 fully saturated rings. The van der Waals surface area contributed by atoms with E-state index in [9.17, 15) is 4.79 Å². The van der Waals surface area contributed by atoms with Gasteiger partial charge >= 0.3 is 0 Å². The monoisotopic (exact) mass is 290 g/mol. The molecule has 0 bridgehead atoms. The van der Waals surface area contributed by atoms with Crippen LogP contribution in [0.5, 0.6) is 0 Å². The molecule has 20 heavy (non-hydrogen) atoms. The fraction of sp³-hybridized carbons (Fsp3) is 0.286. The lowest BCUT2D eigenvalue weighted by molar-refractivity contribution is 0.0940. The molecule has 1 unspecified atom stereocenters. The average molecular weight is 290 g/mol. The number of hydrogen-bond acceptors (Lipinski definition) is 5. The zero-order valence-electron chi connectivity index (χ0n) is 11.5. The van der Waals surface area contributed by atoms with Gasteiger partial charge in [0, 0.05) is 22.3 Å². The molecule has 5 nitrogen and oxygen atoms in total. The predicted octanol–water partition coefficient (Wildman–Crippen LogP) is 2.48. The first-order valence-electron chi connectivity index (χ1n) is 6.46. The van der Waals surface area contributed by atoms with E-state index in [2.05, 4.69) is 22.7 Å². The number of thiazole rings is 1. The van der Waals surface area contributed by atoms with Gasteiger partial charge in [-0.05, 0) is 37.6 Å². The van der Waals surface area contributed by atoms with E-state index < -0.39 is 0 Å². The number of nitrogens with zero attached hydrogens (tertiary/aromatic N) is 1. The number of hydrogen-bond donors (Lipinski definition) is 3. The second-order valence-corrected chi connectivity index (χ2v) is 5.58. The first-order chi connectivity index (χ1) is 9.63. The molecule has 0 radical (unpaired) electrons. The lowest BCUT2D eigenvalue weighted by Crippen LogP contribution is -2.26. The molecular weight excluding hydrogens is 272 g/mol. The van der Waals surface area contributed by atoms with Crippen LogP contribution in [0.25, 0.3) is 0 Å². The zero-order valence-corrected chi connectivity index (χ0v) is 12.3. The second-order valence-electron chi connectivity index (χ2n) is 4.44. The summed E-state index contributed by atoms with van der Waals surface area (Å²) in [5.41, 5.74) is 3.89. The summed E-state index contributed by atoms with van der Waals surface area (Å²) in [7, 11) is 0. The van der Waals surface area contributed by atoms with E-state index in [1.54, 1.807) is 35.6 Å². The summed E-state index contributed by atoms with van der Waals surface area (Å²) in [5, 5.41) is 3.87. The number of amides is 1. The van der Waals surface area contributed by atoms with Gasteiger partial charge in [-0.3, -0.25) is 10.6 Å². The molecule has 0 aliphatic carbocycles. The molecule has 1 aromatic heterocycles. The molecule has 0 saturated carbocycles. The highest BCUT2D eigenvalue weighted by molar-refractivity contribution is 7.11. The maximum atomic E-state index is 12.1. The van der Waals surface area contributed by atoms with E-state index in [1.165, 1.54) is 4.88 Å². The van der Waals surface area contributed by atoms with Crippen LogP contribution in [0.3, 0.4) is 0 Å². The van der Waals surface area contributed by atoms with Gasteiger partial charge in [-0.1, -0.05) is 6.92 Å². The van der Waals surface area contributed by atoms with E-state index in [0.717, 1.165) is 17.1 Å². The molecule has 6 heteroatoms. The SMILES string of the molecule is CCc1cnc(C(C)NC(=O)c2ccc(NN)cc2)s1. The largest absolute Gasteiger partial charge is 0.343 e. The van der Waals surface area contributed by atoms with E-state index in [4.69, 9.17) is 5.84 Å². The smallest absolute Gasteiger partial charge is 0.251 e. The number of hydrazine groups is 1. The zero-order chi connectivity index (χ0) is 14.5. The Bertz CT molecular complexity index is 579. The minimum Gasteiger partial charge on any atom is -0.343 e. The Kier molecular flexibility index (Phi) is 4.70. The van der Waals surface area contributed by atoms with Gasteiger partial charge in [-0.2, -0.15) is 0 Å². The van der Waals surface area contributed by atoms with Crippen molar-refractivity contribution in [2.75, 3.05) is 5.43 Å². The Balaban J connectivity index is 2.02. The Morgan fingerprint density at radius 2 is 2.10 bits per heavy atom. The number of rotatable bonds is 5. The van der Waals surface area contributed by atoms with Crippen molar-refractivity contribution in [3.05, 3.63) is 45.9 Å². The van der Waals surface area contributed by atoms with Gasteiger partial charge in [0.25, 0.3) is 5.91 Å². The highest BCUT2D eigenvalue weighted by Gasteiger charge is 2.14. The van der Waals surface area contributed by atoms with E-state index in [-0.39, 0.29) is 11.9 Å². The number of benzene rings is 1. The Labute approximate surface area is 122 Å². The van der Waals surface area contributed by atoms with Gasteiger partial charge in [0.05, 0.1) is 6.04 Å². The van der Waals surface area contributed by atoms with Crippen molar-refractivity contribution in [3.63, 3.8) is 0 Å². The summed E-state index contributed by atoms with van der Waals surface area (Å²) < 4.78 is 0. The number of carbonyl (C=O) groups excluding carboxylic acids is 1. The molecule has 1 atom stereocenters. The maximum absolute atomic E-state index is 12.1. The molecule has 0 spiro atoms. The molecule has 0 saturated heterocycles. The molecule has 1 amide bonds. The summed E-state index contributed by atoms with van der Waals surface area (Å²) in [6.45, 7) is 4.03. The standard InChI is InChI=1S/C14H18N4OS/c1-3-12-8-16-14(20-12)9(2)17-13(19)10-4-6-11(18-15)7-5-10/h4-9,18H,3,15H2,1-2H3,(H,17,19). The van der Waals surface area contributed by atoms with Crippen LogP contribution in [0.2, 0.25) is 0 Å². The number of nitrogen functional groups attached to an aromatic ring is 1. The predicted molar refractivity (Wildman–Crippen MR) is 81.6 cm³/mol. The number of carbonyl (C=O) groups is 1. The van der Waals surface area contributed by atoms with Crippen molar-refractivity contribution in [2.24, 2.45) is 5.84 Å². The molecule has 0 aliphatic heterocycles. The van der Waals surface area contributed by atoms with Crippen molar-refractivity contribution >= 4 is 22.9 Å². The van der Waals surface area contributed by atoms with Gasteiger partial charge < -0.3 is 10.7 Å². The number of nitrogens with two attached hydrogens (primary N) is 1. The summed E-state index contributed by atoms with van der Waals surface area (Å²) in [6.07, 6.45) is 2.83. The van der Waals surface area contributed by atoms with Crippen LogP contribution >= 0.6 is 11.3 Å². The molecule has 2 rings (SSSR count). The molecular formula is C14H18N4OS. The highest BCUT2D eigenvalue weighted by atomic mass is 32.1. The lowest BCUT2D eigenvalue weighted by atomic mass is 10.2.